The molecule has 0 aliphatic heterocycles. The topological polar surface area (TPSA) is 72.2 Å². The molecule has 0 heterocycles. The maximum absolute atomic E-state index is 12.7. The second kappa shape index (κ2) is 4.74. The molecule has 20 heavy (non-hydrogen) atoms. The van der Waals surface area contributed by atoms with Gasteiger partial charge in [0, 0.05) is 11.7 Å². The molecule has 3 rings (SSSR count). The van der Waals surface area contributed by atoms with Gasteiger partial charge in [-0.25, -0.2) is 13.1 Å². The summed E-state index contributed by atoms with van der Waals surface area (Å²) < 4.78 is 28.3. The predicted molar refractivity (Wildman–Crippen MR) is 79.9 cm³/mol. The Morgan fingerprint density at radius 3 is 2.30 bits per heavy atom. The van der Waals surface area contributed by atoms with Gasteiger partial charge in [-0.3, -0.25) is 0 Å². The van der Waals surface area contributed by atoms with E-state index in [1.165, 1.54) is 12.8 Å². The summed E-state index contributed by atoms with van der Waals surface area (Å²) >= 11 is 0. The fourth-order valence-corrected chi connectivity index (χ4v) is 5.83. The van der Waals surface area contributed by atoms with Gasteiger partial charge in [-0.15, -0.1) is 0 Å². The van der Waals surface area contributed by atoms with Gasteiger partial charge in [0.1, 0.15) is 0 Å². The van der Waals surface area contributed by atoms with Crippen LogP contribution in [0.15, 0.2) is 17.0 Å². The number of rotatable bonds is 3. The molecule has 1 aromatic rings. The maximum atomic E-state index is 12.7. The molecule has 2 fully saturated rings. The molecule has 3 N–H and O–H groups in total. The number of aryl methyl sites for hydroxylation is 2. The Morgan fingerprint density at radius 2 is 1.80 bits per heavy atom. The van der Waals surface area contributed by atoms with Gasteiger partial charge in [0.15, 0.2) is 0 Å². The molecule has 3 unspecified atom stereocenters. The van der Waals surface area contributed by atoms with Gasteiger partial charge in [0.05, 0.1) is 4.90 Å². The van der Waals surface area contributed by atoms with Gasteiger partial charge >= 0.3 is 0 Å². The molecule has 0 amide bonds. The van der Waals surface area contributed by atoms with Crippen LogP contribution in [0.25, 0.3) is 0 Å². The first kappa shape index (κ1) is 13.9. The summed E-state index contributed by atoms with van der Waals surface area (Å²) in [4.78, 5) is 0.398. The zero-order valence-corrected chi connectivity index (χ0v) is 12.8. The largest absolute Gasteiger partial charge is 0.399 e. The lowest BCUT2D eigenvalue weighted by molar-refractivity contribution is 0.390. The lowest BCUT2D eigenvalue weighted by atomic mass is 9.96. The lowest BCUT2D eigenvalue weighted by Gasteiger charge is -2.23. The van der Waals surface area contributed by atoms with Gasteiger partial charge in [0.25, 0.3) is 0 Å². The van der Waals surface area contributed by atoms with E-state index in [0.717, 1.165) is 29.9 Å². The molecule has 0 spiro atoms. The van der Waals surface area contributed by atoms with Crippen LogP contribution < -0.4 is 10.5 Å². The Kier molecular flexibility index (Phi) is 3.29. The van der Waals surface area contributed by atoms with E-state index in [9.17, 15) is 8.42 Å². The third-order valence-corrected chi connectivity index (χ3v) is 6.59. The van der Waals surface area contributed by atoms with Crippen molar-refractivity contribution in [2.45, 2.75) is 50.5 Å². The normalized spacial score (nSPS) is 29.0. The van der Waals surface area contributed by atoms with Gasteiger partial charge in [-0.2, -0.15) is 0 Å². The Balaban J connectivity index is 1.89. The number of hydrogen-bond acceptors (Lipinski definition) is 3. The third kappa shape index (κ3) is 2.33. The van der Waals surface area contributed by atoms with E-state index in [-0.39, 0.29) is 6.04 Å². The Morgan fingerprint density at radius 1 is 1.15 bits per heavy atom. The summed E-state index contributed by atoms with van der Waals surface area (Å²) in [6, 6.07) is 3.57. The number of anilines is 1. The summed E-state index contributed by atoms with van der Waals surface area (Å²) in [6.07, 6.45) is 4.62. The van der Waals surface area contributed by atoms with Crippen LogP contribution in [0.3, 0.4) is 0 Å². The highest BCUT2D eigenvalue weighted by Gasteiger charge is 2.41. The molecular weight excluding hydrogens is 272 g/mol. The van der Waals surface area contributed by atoms with Crippen molar-refractivity contribution in [3.63, 3.8) is 0 Å². The molecule has 2 aliphatic rings. The van der Waals surface area contributed by atoms with Gasteiger partial charge < -0.3 is 5.73 Å². The van der Waals surface area contributed by atoms with Crippen LogP contribution in [-0.4, -0.2) is 14.5 Å². The summed E-state index contributed by atoms with van der Waals surface area (Å²) in [5, 5.41) is 0. The number of benzene rings is 1. The minimum Gasteiger partial charge on any atom is -0.399 e. The summed E-state index contributed by atoms with van der Waals surface area (Å²) in [7, 11) is -3.45. The first-order chi connectivity index (χ1) is 9.37. The van der Waals surface area contributed by atoms with E-state index in [4.69, 9.17) is 5.73 Å². The highest BCUT2D eigenvalue weighted by atomic mass is 32.2. The SMILES string of the molecule is Cc1cc(N)cc(C)c1S(=O)(=O)NC1CC2CCC1C2. The van der Waals surface area contributed by atoms with Crippen LogP contribution in [0.4, 0.5) is 5.69 Å². The van der Waals surface area contributed by atoms with Crippen molar-refractivity contribution in [1.82, 2.24) is 4.72 Å². The second-order valence-electron chi connectivity index (χ2n) is 6.39. The molecule has 0 saturated heterocycles. The average Bonchev–Trinajstić information content (AvgIpc) is 2.87. The smallest absolute Gasteiger partial charge is 0.241 e. The van der Waals surface area contributed by atoms with Crippen LogP contribution in [0, 0.1) is 25.7 Å². The van der Waals surface area contributed by atoms with Crippen LogP contribution in [0.1, 0.15) is 36.8 Å². The molecule has 5 heteroatoms. The number of sulfonamides is 1. The Labute approximate surface area is 120 Å². The molecule has 2 saturated carbocycles. The van der Waals surface area contributed by atoms with Crippen molar-refractivity contribution in [3.8, 4) is 0 Å². The third-order valence-electron chi connectivity index (χ3n) is 4.80. The number of hydrogen-bond donors (Lipinski definition) is 2. The predicted octanol–water partition coefficient (Wildman–Crippen LogP) is 2.35. The van der Waals surface area contributed by atoms with E-state index >= 15 is 0 Å². The van der Waals surface area contributed by atoms with Crippen LogP contribution in [-0.2, 0) is 10.0 Å². The molecule has 2 aliphatic carbocycles. The minimum absolute atomic E-state index is 0.120. The van der Waals surface area contributed by atoms with Crippen LogP contribution >= 0.6 is 0 Å². The quantitative estimate of drug-likeness (QED) is 0.841. The molecular formula is C15H22N2O2S. The zero-order chi connectivity index (χ0) is 14.5. The van der Waals surface area contributed by atoms with Crippen molar-refractivity contribution in [3.05, 3.63) is 23.3 Å². The Bertz CT molecular complexity index is 616. The van der Waals surface area contributed by atoms with Crippen molar-refractivity contribution >= 4 is 15.7 Å². The standard InChI is InChI=1S/C15H22N2O2S/c1-9-5-13(16)6-10(2)15(9)20(18,19)17-14-8-11-3-4-12(14)7-11/h5-6,11-12,14,17H,3-4,7-8,16H2,1-2H3. The fourth-order valence-electron chi connectivity index (χ4n) is 4.05. The highest BCUT2D eigenvalue weighted by molar-refractivity contribution is 7.89. The monoisotopic (exact) mass is 294 g/mol. The van der Waals surface area contributed by atoms with E-state index < -0.39 is 10.0 Å². The number of nitrogens with two attached hydrogens (primary N) is 1. The van der Waals surface area contributed by atoms with Crippen molar-refractivity contribution < 1.29 is 8.42 Å². The number of nitrogens with one attached hydrogen (secondary N) is 1. The van der Waals surface area contributed by atoms with Crippen molar-refractivity contribution in [2.75, 3.05) is 5.73 Å². The minimum atomic E-state index is -3.45. The maximum Gasteiger partial charge on any atom is 0.241 e. The van der Waals surface area contributed by atoms with E-state index in [0.29, 0.717) is 16.5 Å². The molecule has 3 atom stereocenters. The average molecular weight is 294 g/mol. The lowest BCUT2D eigenvalue weighted by Crippen LogP contribution is -2.39. The van der Waals surface area contributed by atoms with Gasteiger partial charge in [-0.05, 0) is 68.2 Å². The van der Waals surface area contributed by atoms with E-state index in [1.54, 1.807) is 26.0 Å². The first-order valence-electron chi connectivity index (χ1n) is 7.26. The van der Waals surface area contributed by atoms with E-state index in [1.807, 2.05) is 0 Å². The van der Waals surface area contributed by atoms with Gasteiger partial charge in [-0.1, -0.05) is 6.42 Å². The molecule has 0 radical (unpaired) electrons. The first-order valence-corrected chi connectivity index (χ1v) is 8.74. The summed E-state index contributed by atoms with van der Waals surface area (Å²) in [5.74, 6) is 1.26. The molecule has 2 bridgehead atoms. The zero-order valence-electron chi connectivity index (χ0n) is 12.0. The van der Waals surface area contributed by atoms with Crippen molar-refractivity contribution in [2.24, 2.45) is 11.8 Å². The van der Waals surface area contributed by atoms with Crippen molar-refractivity contribution in [1.29, 1.82) is 0 Å². The fraction of sp³-hybridized carbons (Fsp3) is 0.600. The molecule has 0 aromatic heterocycles. The second-order valence-corrected chi connectivity index (χ2v) is 8.04. The summed E-state index contributed by atoms with van der Waals surface area (Å²) in [5.41, 5.74) is 7.82. The van der Waals surface area contributed by atoms with Crippen LogP contribution in [0.5, 0.6) is 0 Å². The van der Waals surface area contributed by atoms with E-state index in [2.05, 4.69) is 4.72 Å². The number of nitrogen functional groups attached to an aromatic ring is 1. The van der Waals surface area contributed by atoms with Gasteiger partial charge in [0.2, 0.25) is 10.0 Å². The molecule has 4 nitrogen and oxygen atoms in total. The molecule has 1 aromatic carbocycles. The summed E-state index contributed by atoms with van der Waals surface area (Å²) in [6.45, 7) is 3.61. The Hall–Kier alpha value is -1.07. The molecule has 110 valence electrons. The van der Waals surface area contributed by atoms with Crippen LogP contribution in [0.2, 0.25) is 0 Å². The highest BCUT2D eigenvalue weighted by Crippen LogP contribution is 2.45. The number of fused-ring (bicyclic) bond motifs is 2.